The third-order valence-electron chi connectivity index (χ3n) is 5.70. The van der Waals surface area contributed by atoms with Crippen molar-refractivity contribution in [3.63, 3.8) is 0 Å². The van der Waals surface area contributed by atoms with E-state index in [2.05, 4.69) is 31.2 Å². The van der Waals surface area contributed by atoms with Crippen LogP contribution in [0.25, 0.3) is 11.3 Å². The SMILES string of the molecule is Cc1ccc(-c2csc(N(Cc3ccc(C(=O)N4CCOCC4)o3)c3ccccc3Cl)n2)cc1. The van der Waals surface area contributed by atoms with Gasteiger partial charge in [0.15, 0.2) is 10.9 Å². The molecule has 8 heteroatoms. The lowest BCUT2D eigenvalue weighted by atomic mass is 10.1. The first-order valence-electron chi connectivity index (χ1n) is 11.1. The summed E-state index contributed by atoms with van der Waals surface area (Å²) in [4.78, 5) is 21.5. The highest BCUT2D eigenvalue weighted by molar-refractivity contribution is 7.14. The molecule has 1 aliphatic rings. The van der Waals surface area contributed by atoms with Gasteiger partial charge in [0.25, 0.3) is 5.91 Å². The molecule has 0 saturated carbocycles. The molecule has 0 N–H and O–H groups in total. The molecule has 4 aromatic rings. The Morgan fingerprint density at radius 1 is 1.09 bits per heavy atom. The van der Waals surface area contributed by atoms with Crippen LogP contribution in [0.5, 0.6) is 0 Å². The number of anilines is 2. The molecule has 2 aromatic carbocycles. The van der Waals surface area contributed by atoms with Gasteiger partial charge in [-0.15, -0.1) is 11.3 Å². The molecule has 0 bridgehead atoms. The molecule has 6 nitrogen and oxygen atoms in total. The van der Waals surface area contributed by atoms with Gasteiger partial charge in [-0.05, 0) is 31.2 Å². The zero-order valence-corrected chi connectivity index (χ0v) is 20.3. The maximum atomic E-state index is 12.8. The number of carbonyl (C=O) groups is 1. The molecule has 0 radical (unpaired) electrons. The van der Waals surface area contributed by atoms with E-state index in [4.69, 9.17) is 25.7 Å². The van der Waals surface area contributed by atoms with Crippen molar-refractivity contribution < 1.29 is 13.9 Å². The Balaban J connectivity index is 1.43. The van der Waals surface area contributed by atoms with Crippen molar-refractivity contribution in [2.75, 3.05) is 31.2 Å². The molecule has 174 valence electrons. The maximum absolute atomic E-state index is 12.8. The van der Waals surface area contributed by atoms with Crippen LogP contribution in [0.1, 0.15) is 21.9 Å². The molecule has 5 rings (SSSR count). The quantitative estimate of drug-likeness (QED) is 0.321. The van der Waals surface area contributed by atoms with Crippen LogP contribution in [0.2, 0.25) is 5.02 Å². The number of furan rings is 1. The van der Waals surface area contributed by atoms with E-state index in [0.717, 1.165) is 22.1 Å². The summed E-state index contributed by atoms with van der Waals surface area (Å²) in [6, 6.07) is 19.5. The Hall–Kier alpha value is -3.13. The highest BCUT2D eigenvalue weighted by Crippen LogP contribution is 2.37. The van der Waals surface area contributed by atoms with E-state index in [1.807, 2.05) is 40.6 Å². The van der Waals surface area contributed by atoms with E-state index in [-0.39, 0.29) is 5.91 Å². The van der Waals surface area contributed by atoms with Crippen LogP contribution in [0.3, 0.4) is 0 Å². The topological polar surface area (TPSA) is 58.8 Å². The molecule has 2 aromatic heterocycles. The fourth-order valence-corrected chi connectivity index (χ4v) is 4.91. The van der Waals surface area contributed by atoms with Crippen LogP contribution in [0.15, 0.2) is 70.5 Å². The Kier molecular flexibility index (Phi) is 6.67. The van der Waals surface area contributed by atoms with Gasteiger partial charge in [0.2, 0.25) is 0 Å². The highest BCUT2D eigenvalue weighted by atomic mass is 35.5. The molecule has 3 heterocycles. The molecule has 0 spiro atoms. The first-order valence-corrected chi connectivity index (χ1v) is 12.3. The number of aromatic nitrogens is 1. The first kappa shape index (κ1) is 22.7. The van der Waals surface area contributed by atoms with Crippen molar-refractivity contribution >= 4 is 39.7 Å². The molecule has 1 saturated heterocycles. The van der Waals surface area contributed by atoms with Crippen molar-refractivity contribution in [2.24, 2.45) is 0 Å². The van der Waals surface area contributed by atoms with Crippen molar-refractivity contribution in [3.05, 3.63) is 88.2 Å². The zero-order chi connectivity index (χ0) is 23.5. The number of aryl methyl sites for hydroxylation is 1. The van der Waals surface area contributed by atoms with Crippen molar-refractivity contribution in [1.29, 1.82) is 0 Å². The number of rotatable bonds is 6. The molecule has 1 aliphatic heterocycles. The van der Waals surface area contributed by atoms with Gasteiger partial charge in [-0.1, -0.05) is 53.6 Å². The van der Waals surface area contributed by atoms with E-state index in [9.17, 15) is 4.79 Å². The number of hydrogen-bond donors (Lipinski definition) is 0. The zero-order valence-electron chi connectivity index (χ0n) is 18.7. The summed E-state index contributed by atoms with van der Waals surface area (Å²) >= 11 is 8.11. The van der Waals surface area contributed by atoms with Crippen molar-refractivity contribution in [2.45, 2.75) is 13.5 Å². The van der Waals surface area contributed by atoms with Gasteiger partial charge in [0.1, 0.15) is 5.76 Å². The normalized spacial score (nSPS) is 13.8. The smallest absolute Gasteiger partial charge is 0.289 e. The number of amides is 1. The molecule has 1 fully saturated rings. The van der Waals surface area contributed by atoms with Crippen molar-refractivity contribution in [1.82, 2.24) is 9.88 Å². The largest absolute Gasteiger partial charge is 0.454 e. The predicted molar refractivity (Wildman–Crippen MR) is 135 cm³/mol. The monoisotopic (exact) mass is 493 g/mol. The number of morpholine rings is 1. The molecular formula is C26H24ClN3O3S. The van der Waals surface area contributed by atoms with E-state index in [1.54, 1.807) is 22.3 Å². The fraction of sp³-hybridized carbons (Fsp3) is 0.231. The van der Waals surface area contributed by atoms with E-state index in [0.29, 0.717) is 49.4 Å². The van der Waals surface area contributed by atoms with Gasteiger partial charge < -0.3 is 19.0 Å². The summed E-state index contributed by atoms with van der Waals surface area (Å²) < 4.78 is 11.3. The van der Waals surface area contributed by atoms with Crippen LogP contribution in [0.4, 0.5) is 10.8 Å². The lowest BCUT2D eigenvalue weighted by Gasteiger charge is -2.25. The molecular weight excluding hydrogens is 470 g/mol. The molecule has 0 atom stereocenters. The second-order valence-corrected chi connectivity index (χ2v) is 9.33. The van der Waals surface area contributed by atoms with Gasteiger partial charge in [0.05, 0.1) is 36.2 Å². The third-order valence-corrected chi connectivity index (χ3v) is 6.88. The number of benzene rings is 2. The summed E-state index contributed by atoms with van der Waals surface area (Å²) in [5.41, 5.74) is 3.99. The minimum atomic E-state index is -0.116. The average molecular weight is 494 g/mol. The third kappa shape index (κ3) is 4.87. The molecule has 0 unspecified atom stereocenters. The fourth-order valence-electron chi connectivity index (χ4n) is 3.83. The van der Waals surface area contributed by atoms with E-state index >= 15 is 0 Å². The van der Waals surface area contributed by atoms with Crippen LogP contribution >= 0.6 is 22.9 Å². The average Bonchev–Trinajstić information content (AvgIpc) is 3.54. The minimum Gasteiger partial charge on any atom is -0.454 e. The Morgan fingerprint density at radius 3 is 2.62 bits per heavy atom. The summed E-state index contributed by atoms with van der Waals surface area (Å²) in [5.74, 6) is 0.869. The number of halogens is 1. The lowest BCUT2D eigenvalue weighted by Crippen LogP contribution is -2.40. The van der Waals surface area contributed by atoms with Gasteiger partial charge in [-0.3, -0.25) is 4.79 Å². The number of carbonyl (C=O) groups excluding carboxylic acids is 1. The number of ether oxygens (including phenoxy) is 1. The highest BCUT2D eigenvalue weighted by Gasteiger charge is 2.23. The van der Waals surface area contributed by atoms with Gasteiger partial charge >= 0.3 is 0 Å². The molecule has 0 aliphatic carbocycles. The summed E-state index contributed by atoms with van der Waals surface area (Å²) in [6.45, 7) is 4.70. The van der Waals surface area contributed by atoms with Crippen molar-refractivity contribution in [3.8, 4) is 11.3 Å². The van der Waals surface area contributed by atoms with Crippen LogP contribution < -0.4 is 4.90 Å². The summed E-state index contributed by atoms with van der Waals surface area (Å²) in [6.07, 6.45) is 0. The first-order chi connectivity index (χ1) is 16.6. The predicted octanol–water partition coefficient (Wildman–Crippen LogP) is 6.18. The minimum absolute atomic E-state index is 0.116. The maximum Gasteiger partial charge on any atom is 0.289 e. The van der Waals surface area contributed by atoms with E-state index in [1.165, 1.54) is 5.56 Å². The standard InChI is InChI=1S/C26H24ClN3O3S/c1-18-6-8-19(9-7-18)22-17-34-26(28-22)30(23-5-3-2-4-21(23)27)16-20-10-11-24(33-20)25(31)29-12-14-32-15-13-29/h2-11,17H,12-16H2,1H3. The Bertz CT molecular complexity index is 1280. The van der Waals surface area contributed by atoms with Gasteiger partial charge in [-0.25, -0.2) is 4.98 Å². The second-order valence-electron chi connectivity index (χ2n) is 8.09. The Labute approximate surface area is 207 Å². The lowest BCUT2D eigenvalue weighted by molar-refractivity contribution is 0.0282. The molecule has 34 heavy (non-hydrogen) atoms. The second kappa shape index (κ2) is 10.0. The summed E-state index contributed by atoms with van der Waals surface area (Å²) in [7, 11) is 0. The number of hydrogen-bond acceptors (Lipinski definition) is 6. The van der Waals surface area contributed by atoms with Crippen LogP contribution in [0, 0.1) is 6.92 Å². The van der Waals surface area contributed by atoms with Crippen LogP contribution in [-0.2, 0) is 11.3 Å². The molecule has 1 amide bonds. The van der Waals surface area contributed by atoms with Gasteiger partial charge in [-0.2, -0.15) is 0 Å². The van der Waals surface area contributed by atoms with E-state index < -0.39 is 0 Å². The Morgan fingerprint density at radius 2 is 1.85 bits per heavy atom. The number of para-hydroxylation sites is 1. The van der Waals surface area contributed by atoms with Gasteiger partial charge in [0, 0.05) is 24.0 Å². The number of nitrogens with zero attached hydrogens (tertiary/aromatic N) is 3. The summed E-state index contributed by atoms with van der Waals surface area (Å²) in [5, 5.41) is 3.45. The number of thiazole rings is 1. The van der Waals surface area contributed by atoms with Crippen LogP contribution in [-0.4, -0.2) is 42.1 Å².